The van der Waals surface area contributed by atoms with E-state index in [2.05, 4.69) is 17.2 Å². The molecule has 1 atom stereocenters. The fourth-order valence-electron chi connectivity index (χ4n) is 2.63. The molecule has 1 N–H and O–H groups in total. The lowest BCUT2D eigenvalue weighted by Gasteiger charge is -2.31. The molecular formula is C16H19N3O2. The Morgan fingerprint density at radius 2 is 2.24 bits per heavy atom. The van der Waals surface area contributed by atoms with Crippen LogP contribution in [0.5, 0.6) is 5.75 Å². The van der Waals surface area contributed by atoms with Gasteiger partial charge in [-0.2, -0.15) is 0 Å². The lowest BCUT2D eigenvalue weighted by molar-refractivity contribution is 0.0703. The number of benzene rings is 1. The predicted octanol–water partition coefficient (Wildman–Crippen LogP) is 1.68. The zero-order valence-corrected chi connectivity index (χ0v) is 12.3. The number of aromatic nitrogens is 1. The van der Waals surface area contributed by atoms with Crippen molar-refractivity contribution >= 4 is 16.8 Å². The summed E-state index contributed by atoms with van der Waals surface area (Å²) in [7, 11) is 1.64. The van der Waals surface area contributed by atoms with Crippen LogP contribution < -0.4 is 10.1 Å². The molecule has 0 radical (unpaired) electrons. The van der Waals surface area contributed by atoms with Crippen molar-refractivity contribution in [2.75, 3.05) is 26.7 Å². The first-order valence-corrected chi connectivity index (χ1v) is 7.15. The number of hydrogen-bond acceptors (Lipinski definition) is 4. The van der Waals surface area contributed by atoms with Gasteiger partial charge >= 0.3 is 0 Å². The SMILES string of the molecule is COc1ccc2nc(C(=O)N3CCNC(C)C3)ccc2c1. The fraction of sp³-hybridized carbons (Fsp3) is 0.375. The van der Waals surface area contributed by atoms with Crippen LogP contribution in [-0.2, 0) is 0 Å². The second kappa shape index (κ2) is 5.69. The van der Waals surface area contributed by atoms with Gasteiger partial charge in [-0.15, -0.1) is 0 Å². The molecule has 0 spiro atoms. The molecule has 1 aliphatic heterocycles. The van der Waals surface area contributed by atoms with Crippen molar-refractivity contribution in [2.45, 2.75) is 13.0 Å². The van der Waals surface area contributed by atoms with Gasteiger partial charge in [0, 0.05) is 31.1 Å². The number of piperazine rings is 1. The number of methoxy groups -OCH3 is 1. The fourth-order valence-corrected chi connectivity index (χ4v) is 2.63. The summed E-state index contributed by atoms with van der Waals surface area (Å²) in [5.41, 5.74) is 1.31. The topological polar surface area (TPSA) is 54.5 Å². The van der Waals surface area contributed by atoms with Crippen LogP contribution in [0, 0.1) is 0 Å². The highest BCUT2D eigenvalue weighted by molar-refractivity contribution is 5.95. The van der Waals surface area contributed by atoms with Crippen LogP contribution in [0.25, 0.3) is 10.9 Å². The number of carbonyl (C=O) groups is 1. The van der Waals surface area contributed by atoms with Crippen molar-refractivity contribution in [2.24, 2.45) is 0 Å². The average Bonchev–Trinajstić information content (AvgIpc) is 2.53. The molecule has 2 heterocycles. The van der Waals surface area contributed by atoms with E-state index >= 15 is 0 Å². The van der Waals surface area contributed by atoms with Gasteiger partial charge in [-0.1, -0.05) is 6.07 Å². The van der Waals surface area contributed by atoms with Gasteiger partial charge in [0.25, 0.3) is 5.91 Å². The molecule has 5 nitrogen and oxygen atoms in total. The van der Waals surface area contributed by atoms with Crippen LogP contribution in [0.1, 0.15) is 17.4 Å². The van der Waals surface area contributed by atoms with Gasteiger partial charge in [0.2, 0.25) is 0 Å². The molecular weight excluding hydrogens is 266 g/mol. The van der Waals surface area contributed by atoms with Crippen LogP contribution in [0.2, 0.25) is 0 Å². The second-order valence-electron chi connectivity index (χ2n) is 5.36. The standard InChI is InChI=1S/C16H19N3O2/c1-11-10-19(8-7-17-11)16(20)15-5-3-12-9-13(21-2)4-6-14(12)18-15/h3-6,9,11,17H,7-8,10H2,1-2H3. The number of rotatable bonds is 2. The largest absolute Gasteiger partial charge is 0.497 e. The van der Waals surface area contributed by atoms with Crippen molar-refractivity contribution in [3.63, 3.8) is 0 Å². The number of amides is 1. The Balaban J connectivity index is 1.88. The van der Waals surface area contributed by atoms with Crippen LogP contribution in [0.3, 0.4) is 0 Å². The number of pyridine rings is 1. The van der Waals surface area contributed by atoms with Crippen molar-refractivity contribution in [3.8, 4) is 5.75 Å². The molecule has 0 saturated carbocycles. The van der Waals surface area contributed by atoms with Gasteiger partial charge in [-0.25, -0.2) is 4.98 Å². The smallest absolute Gasteiger partial charge is 0.272 e. The van der Waals surface area contributed by atoms with Gasteiger partial charge in [0.15, 0.2) is 0 Å². The normalized spacial score (nSPS) is 18.8. The zero-order chi connectivity index (χ0) is 14.8. The maximum Gasteiger partial charge on any atom is 0.272 e. The van der Waals surface area contributed by atoms with Crippen LogP contribution in [-0.4, -0.2) is 48.6 Å². The molecule has 110 valence electrons. The minimum absolute atomic E-state index is 0.000989. The van der Waals surface area contributed by atoms with E-state index in [1.165, 1.54) is 0 Å². The van der Waals surface area contributed by atoms with Crippen molar-refractivity contribution < 1.29 is 9.53 Å². The molecule has 1 aromatic carbocycles. The minimum Gasteiger partial charge on any atom is -0.497 e. The highest BCUT2D eigenvalue weighted by atomic mass is 16.5. The number of fused-ring (bicyclic) bond motifs is 1. The molecule has 2 aromatic rings. The van der Waals surface area contributed by atoms with Crippen molar-refractivity contribution in [1.29, 1.82) is 0 Å². The van der Waals surface area contributed by atoms with E-state index in [-0.39, 0.29) is 5.91 Å². The monoisotopic (exact) mass is 285 g/mol. The zero-order valence-electron chi connectivity index (χ0n) is 12.3. The number of ether oxygens (including phenoxy) is 1. The van der Waals surface area contributed by atoms with E-state index in [4.69, 9.17) is 4.74 Å². The Morgan fingerprint density at radius 1 is 1.38 bits per heavy atom. The Morgan fingerprint density at radius 3 is 3.00 bits per heavy atom. The second-order valence-corrected chi connectivity index (χ2v) is 5.36. The summed E-state index contributed by atoms with van der Waals surface area (Å²) < 4.78 is 5.20. The molecule has 0 bridgehead atoms. The van der Waals surface area contributed by atoms with Gasteiger partial charge in [0.1, 0.15) is 11.4 Å². The molecule has 5 heteroatoms. The number of nitrogens with one attached hydrogen (secondary N) is 1. The van der Waals surface area contributed by atoms with Gasteiger partial charge in [0.05, 0.1) is 12.6 Å². The van der Waals surface area contributed by atoms with E-state index in [1.807, 2.05) is 29.2 Å². The summed E-state index contributed by atoms with van der Waals surface area (Å²) in [4.78, 5) is 18.9. The summed E-state index contributed by atoms with van der Waals surface area (Å²) in [6.07, 6.45) is 0. The molecule has 1 saturated heterocycles. The van der Waals surface area contributed by atoms with Gasteiger partial charge in [-0.05, 0) is 31.2 Å². The molecule has 1 amide bonds. The predicted molar refractivity (Wildman–Crippen MR) is 81.7 cm³/mol. The third-order valence-electron chi connectivity index (χ3n) is 3.77. The third kappa shape index (κ3) is 2.83. The van der Waals surface area contributed by atoms with E-state index < -0.39 is 0 Å². The van der Waals surface area contributed by atoms with E-state index in [0.29, 0.717) is 11.7 Å². The third-order valence-corrected chi connectivity index (χ3v) is 3.77. The Hall–Kier alpha value is -2.14. The molecule has 3 rings (SSSR count). The summed E-state index contributed by atoms with van der Waals surface area (Å²) in [6.45, 7) is 4.36. The number of nitrogens with zero attached hydrogens (tertiary/aromatic N) is 2. The highest BCUT2D eigenvalue weighted by Gasteiger charge is 2.22. The highest BCUT2D eigenvalue weighted by Crippen LogP contribution is 2.20. The summed E-state index contributed by atoms with van der Waals surface area (Å²) >= 11 is 0. The van der Waals surface area contributed by atoms with Crippen LogP contribution in [0.4, 0.5) is 0 Å². The average molecular weight is 285 g/mol. The molecule has 21 heavy (non-hydrogen) atoms. The Bertz CT molecular complexity index is 672. The summed E-state index contributed by atoms with van der Waals surface area (Å²) in [5.74, 6) is 0.792. The first kappa shape index (κ1) is 13.8. The molecule has 1 aliphatic rings. The van der Waals surface area contributed by atoms with Crippen molar-refractivity contribution in [3.05, 3.63) is 36.0 Å². The maximum absolute atomic E-state index is 12.5. The Labute approximate surface area is 123 Å². The first-order valence-electron chi connectivity index (χ1n) is 7.15. The van der Waals surface area contributed by atoms with Gasteiger partial charge in [-0.3, -0.25) is 4.79 Å². The number of carbonyl (C=O) groups excluding carboxylic acids is 1. The molecule has 1 aromatic heterocycles. The lowest BCUT2D eigenvalue weighted by Crippen LogP contribution is -2.51. The van der Waals surface area contributed by atoms with E-state index in [9.17, 15) is 4.79 Å². The van der Waals surface area contributed by atoms with Gasteiger partial charge < -0.3 is 15.0 Å². The van der Waals surface area contributed by atoms with Crippen LogP contribution >= 0.6 is 0 Å². The Kier molecular flexibility index (Phi) is 3.75. The summed E-state index contributed by atoms with van der Waals surface area (Å²) in [6, 6.07) is 9.69. The quantitative estimate of drug-likeness (QED) is 0.912. The molecule has 1 fully saturated rings. The molecule has 0 aliphatic carbocycles. The lowest BCUT2D eigenvalue weighted by atomic mass is 10.1. The van der Waals surface area contributed by atoms with Crippen LogP contribution in [0.15, 0.2) is 30.3 Å². The van der Waals surface area contributed by atoms with Crippen molar-refractivity contribution in [1.82, 2.24) is 15.2 Å². The summed E-state index contributed by atoms with van der Waals surface area (Å²) in [5, 5.41) is 4.30. The van der Waals surface area contributed by atoms with E-state index in [1.54, 1.807) is 13.2 Å². The maximum atomic E-state index is 12.5. The first-order chi connectivity index (χ1) is 10.2. The van der Waals surface area contributed by atoms with E-state index in [0.717, 1.165) is 36.3 Å². The molecule has 1 unspecified atom stereocenters. The number of hydrogen-bond donors (Lipinski definition) is 1. The minimum atomic E-state index is 0.000989.